The lowest BCUT2D eigenvalue weighted by Gasteiger charge is -2.10. The summed E-state index contributed by atoms with van der Waals surface area (Å²) >= 11 is 0. The molecule has 0 aromatic heterocycles. The van der Waals surface area contributed by atoms with Gasteiger partial charge in [-0.15, -0.1) is 0 Å². The van der Waals surface area contributed by atoms with Crippen molar-refractivity contribution >= 4 is 5.69 Å². The molecule has 0 amide bonds. The third kappa shape index (κ3) is 3.76. The Kier molecular flexibility index (Phi) is 4.49. The fourth-order valence-corrected chi connectivity index (χ4v) is 1.90. The predicted molar refractivity (Wildman–Crippen MR) is 76.4 cm³/mol. The van der Waals surface area contributed by atoms with Crippen LogP contribution in [0, 0.1) is 15.9 Å². The van der Waals surface area contributed by atoms with Crippen LogP contribution in [-0.4, -0.2) is 4.92 Å². The van der Waals surface area contributed by atoms with E-state index >= 15 is 0 Å². The van der Waals surface area contributed by atoms with Crippen LogP contribution in [0.2, 0.25) is 0 Å². The van der Waals surface area contributed by atoms with E-state index in [4.69, 9.17) is 10.5 Å². The van der Waals surface area contributed by atoms with Gasteiger partial charge in [0.05, 0.1) is 10.5 Å². The lowest BCUT2D eigenvalue weighted by atomic mass is 10.1. The zero-order valence-corrected chi connectivity index (χ0v) is 11.5. The molecule has 2 rings (SSSR count). The Balaban J connectivity index is 2.18. The van der Waals surface area contributed by atoms with Crippen molar-refractivity contribution in [1.82, 2.24) is 0 Å². The normalized spacial score (nSPS) is 12.0. The molecule has 0 bridgehead atoms. The van der Waals surface area contributed by atoms with Gasteiger partial charge in [0, 0.05) is 12.1 Å². The molecule has 0 fully saturated rings. The molecule has 2 aromatic rings. The number of nitro groups is 1. The number of benzene rings is 2. The molecule has 5 nitrogen and oxygen atoms in total. The van der Waals surface area contributed by atoms with E-state index < -0.39 is 10.7 Å². The maximum atomic E-state index is 13.2. The smallest absolute Gasteiger partial charge is 0.276 e. The van der Waals surface area contributed by atoms with Gasteiger partial charge in [-0.05, 0) is 36.8 Å². The van der Waals surface area contributed by atoms with Crippen molar-refractivity contribution in [3.63, 3.8) is 0 Å². The second-order valence-electron chi connectivity index (χ2n) is 4.68. The molecule has 0 radical (unpaired) electrons. The molecule has 21 heavy (non-hydrogen) atoms. The maximum absolute atomic E-state index is 13.2. The average Bonchev–Trinajstić information content (AvgIpc) is 2.45. The predicted octanol–water partition coefficient (Wildman–Crippen LogP) is 3.33. The van der Waals surface area contributed by atoms with Crippen molar-refractivity contribution in [1.29, 1.82) is 0 Å². The number of ether oxygens (including phenoxy) is 1. The summed E-state index contributed by atoms with van der Waals surface area (Å²) in [5, 5.41) is 10.9. The van der Waals surface area contributed by atoms with E-state index in [1.54, 1.807) is 18.2 Å². The molecule has 0 aliphatic carbocycles. The number of nitro benzene ring substituents is 1. The minimum atomic E-state index is -0.559. The number of nitrogens with zero attached hydrogens (tertiary/aromatic N) is 1. The van der Waals surface area contributed by atoms with Crippen LogP contribution in [0.4, 0.5) is 10.1 Å². The molecule has 0 unspecified atom stereocenters. The molecule has 0 saturated heterocycles. The molecule has 0 aliphatic rings. The molecular formula is C15H15FN2O3. The second kappa shape index (κ2) is 6.32. The Bertz CT molecular complexity index is 659. The van der Waals surface area contributed by atoms with Gasteiger partial charge in [0.2, 0.25) is 0 Å². The molecular weight excluding hydrogens is 275 g/mol. The van der Waals surface area contributed by atoms with E-state index in [0.29, 0.717) is 5.75 Å². The molecule has 6 heteroatoms. The van der Waals surface area contributed by atoms with Gasteiger partial charge in [-0.25, -0.2) is 4.39 Å². The molecule has 2 N–H and O–H groups in total. The van der Waals surface area contributed by atoms with E-state index in [2.05, 4.69) is 0 Å². The van der Waals surface area contributed by atoms with Crippen LogP contribution < -0.4 is 10.5 Å². The standard InChI is InChI=1S/C15H15FN2O3/c1-10(17)11-3-2-4-14(8-11)21-9-12-7-13(16)5-6-15(12)18(19)20/h2-8,10H,9,17H2,1H3/t10-/m1/s1. The van der Waals surface area contributed by atoms with Crippen molar-refractivity contribution in [3.05, 3.63) is 69.5 Å². The molecule has 0 spiro atoms. The summed E-state index contributed by atoms with van der Waals surface area (Å²) in [5.74, 6) is -0.00751. The Morgan fingerprint density at radius 1 is 1.33 bits per heavy atom. The van der Waals surface area contributed by atoms with Crippen molar-refractivity contribution in [2.45, 2.75) is 19.6 Å². The van der Waals surface area contributed by atoms with Crippen LogP contribution in [0.3, 0.4) is 0 Å². The quantitative estimate of drug-likeness (QED) is 0.676. The van der Waals surface area contributed by atoms with Gasteiger partial charge in [-0.1, -0.05) is 12.1 Å². The minimum absolute atomic E-state index is 0.0868. The topological polar surface area (TPSA) is 78.4 Å². The van der Waals surface area contributed by atoms with Crippen molar-refractivity contribution in [2.24, 2.45) is 5.73 Å². The summed E-state index contributed by atoms with van der Waals surface area (Å²) in [6.07, 6.45) is 0. The molecule has 0 aliphatic heterocycles. The number of hydrogen-bond acceptors (Lipinski definition) is 4. The first kappa shape index (κ1) is 14.9. The highest BCUT2D eigenvalue weighted by Gasteiger charge is 2.15. The zero-order chi connectivity index (χ0) is 15.4. The van der Waals surface area contributed by atoms with E-state index in [-0.39, 0.29) is 23.9 Å². The molecule has 2 aromatic carbocycles. The summed E-state index contributed by atoms with van der Waals surface area (Å²) in [5.41, 5.74) is 6.69. The zero-order valence-electron chi connectivity index (χ0n) is 11.5. The van der Waals surface area contributed by atoms with E-state index in [0.717, 1.165) is 23.8 Å². The minimum Gasteiger partial charge on any atom is -0.489 e. The van der Waals surface area contributed by atoms with E-state index in [1.165, 1.54) is 0 Å². The summed E-state index contributed by atoms with van der Waals surface area (Å²) in [6.45, 7) is 1.76. The Morgan fingerprint density at radius 3 is 2.76 bits per heavy atom. The number of halogens is 1. The van der Waals surface area contributed by atoms with Gasteiger partial charge in [-0.3, -0.25) is 10.1 Å². The molecule has 0 saturated carbocycles. The van der Waals surface area contributed by atoms with Crippen molar-refractivity contribution in [3.8, 4) is 5.75 Å². The van der Waals surface area contributed by atoms with Crippen LogP contribution in [0.5, 0.6) is 5.75 Å². The first-order valence-corrected chi connectivity index (χ1v) is 6.38. The Labute approximate surface area is 121 Å². The van der Waals surface area contributed by atoms with Crippen LogP contribution in [-0.2, 0) is 6.61 Å². The van der Waals surface area contributed by atoms with Gasteiger partial charge in [0.25, 0.3) is 5.69 Å². The highest BCUT2D eigenvalue weighted by molar-refractivity contribution is 5.40. The van der Waals surface area contributed by atoms with Gasteiger partial charge in [0.15, 0.2) is 0 Å². The fourth-order valence-electron chi connectivity index (χ4n) is 1.90. The SMILES string of the molecule is C[C@@H](N)c1cccc(OCc2cc(F)ccc2[N+](=O)[O-])c1. The summed E-state index contributed by atoms with van der Waals surface area (Å²) in [7, 11) is 0. The first-order valence-electron chi connectivity index (χ1n) is 6.38. The lowest BCUT2D eigenvalue weighted by Crippen LogP contribution is -2.05. The third-order valence-corrected chi connectivity index (χ3v) is 3.02. The maximum Gasteiger partial charge on any atom is 0.276 e. The number of nitrogens with two attached hydrogens (primary N) is 1. The van der Waals surface area contributed by atoms with Gasteiger partial charge in [0.1, 0.15) is 18.2 Å². The Morgan fingerprint density at radius 2 is 2.10 bits per heavy atom. The van der Waals surface area contributed by atoms with Crippen molar-refractivity contribution in [2.75, 3.05) is 0 Å². The number of rotatable bonds is 5. The van der Waals surface area contributed by atoms with Crippen molar-refractivity contribution < 1.29 is 14.1 Å². The molecule has 0 heterocycles. The third-order valence-electron chi connectivity index (χ3n) is 3.02. The fraction of sp³-hybridized carbons (Fsp3) is 0.200. The highest BCUT2D eigenvalue weighted by atomic mass is 19.1. The summed E-state index contributed by atoms with van der Waals surface area (Å²) in [4.78, 5) is 10.3. The molecule has 1 atom stereocenters. The van der Waals surface area contributed by atoms with Gasteiger partial charge >= 0.3 is 0 Å². The van der Waals surface area contributed by atoms with E-state index in [9.17, 15) is 14.5 Å². The highest BCUT2D eigenvalue weighted by Crippen LogP contribution is 2.23. The van der Waals surface area contributed by atoms with Gasteiger partial charge < -0.3 is 10.5 Å². The summed E-state index contributed by atoms with van der Waals surface area (Å²) < 4.78 is 18.7. The molecule has 110 valence electrons. The second-order valence-corrected chi connectivity index (χ2v) is 4.68. The monoisotopic (exact) mass is 290 g/mol. The first-order chi connectivity index (χ1) is 9.97. The van der Waals surface area contributed by atoms with Crippen LogP contribution in [0.15, 0.2) is 42.5 Å². The average molecular weight is 290 g/mol. The lowest BCUT2D eigenvalue weighted by molar-refractivity contribution is -0.385. The Hall–Kier alpha value is -2.47. The number of hydrogen-bond donors (Lipinski definition) is 1. The van der Waals surface area contributed by atoms with Crippen LogP contribution in [0.1, 0.15) is 24.1 Å². The van der Waals surface area contributed by atoms with E-state index in [1.807, 2.05) is 13.0 Å². The largest absolute Gasteiger partial charge is 0.489 e. The van der Waals surface area contributed by atoms with Crippen LogP contribution >= 0.6 is 0 Å². The van der Waals surface area contributed by atoms with Crippen LogP contribution in [0.25, 0.3) is 0 Å². The van der Waals surface area contributed by atoms with Gasteiger partial charge in [-0.2, -0.15) is 0 Å². The summed E-state index contributed by atoms with van der Waals surface area (Å²) in [6, 6.07) is 10.3.